The Morgan fingerprint density at radius 2 is 1.22 bits per heavy atom. The highest BCUT2D eigenvalue weighted by molar-refractivity contribution is 6.46. The van der Waals surface area contributed by atoms with Crippen molar-refractivity contribution in [3.05, 3.63) is 0 Å². The van der Waals surface area contributed by atoms with Crippen LogP contribution in [0, 0.1) is 0 Å². The molecule has 0 amide bonds. The number of rotatable bonds is 1. The fraction of sp³-hybridized carbons (Fsp3) is 1.00. The van der Waals surface area contributed by atoms with E-state index in [9.17, 15) is 0 Å². The van der Waals surface area contributed by atoms with Gasteiger partial charge in [0, 0.05) is 6.61 Å². The lowest BCUT2D eigenvalue weighted by atomic mass is 10.5. The highest BCUT2D eigenvalue weighted by Gasteiger charge is 2.22. The van der Waals surface area contributed by atoms with Gasteiger partial charge < -0.3 is 24.3 Å². The van der Waals surface area contributed by atoms with Crippen LogP contribution in [0.15, 0.2) is 0 Å². The Balaban J connectivity index is 0. The minimum Gasteiger partial charge on any atom is -0.396 e. The Morgan fingerprint density at radius 1 is 1.11 bits per heavy atom. The second-order valence-corrected chi connectivity index (χ2v) is 2.52. The van der Waals surface area contributed by atoms with Crippen LogP contribution in [0.25, 0.3) is 0 Å². The Bertz CT molecular complexity index is 42.7. The molecule has 0 aliphatic heterocycles. The zero-order chi connectivity index (χ0) is 7.91. The Labute approximate surface area is 54.3 Å². The van der Waals surface area contributed by atoms with E-state index in [4.69, 9.17) is 24.3 Å². The van der Waals surface area contributed by atoms with Gasteiger partial charge in [0.2, 0.25) is 0 Å². The summed E-state index contributed by atoms with van der Waals surface area (Å²) in [5, 5.41) is 7.88. The predicted molar refractivity (Wildman–Crippen MR) is 32.0 cm³/mol. The highest BCUT2D eigenvalue weighted by Crippen LogP contribution is 1.67. The summed E-state index contributed by atoms with van der Waals surface area (Å²) in [4.78, 5) is 29.3. The third-order valence-electron chi connectivity index (χ3n) is 0.224. The fourth-order valence-electron chi connectivity index (χ4n) is 0. The van der Waals surface area contributed by atoms with Crippen LogP contribution in [-0.4, -0.2) is 39.9 Å². The molecule has 5 nitrogen and oxygen atoms in total. The maximum atomic E-state index is 7.88. The van der Waals surface area contributed by atoms with Gasteiger partial charge in [-0.15, -0.1) is 0 Å². The molecular formula is C3H12O5Si. The summed E-state index contributed by atoms with van der Waals surface area (Å²) >= 11 is 0. The van der Waals surface area contributed by atoms with E-state index in [1.165, 1.54) is 0 Å². The molecular weight excluding hydrogens is 144 g/mol. The third-order valence-corrected chi connectivity index (χ3v) is 0.224. The first-order valence-corrected chi connectivity index (χ1v) is 4.21. The summed E-state index contributed by atoms with van der Waals surface area (Å²) in [6, 6.07) is 0. The molecule has 0 aromatic carbocycles. The van der Waals surface area contributed by atoms with Crippen LogP contribution in [0.1, 0.15) is 13.3 Å². The molecule has 0 saturated carbocycles. The van der Waals surface area contributed by atoms with Crippen LogP contribution in [0.3, 0.4) is 0 Å². The molecule has 0 saturated heterocycles. The van der Waals surface area contributed by atoms with Gasteiger partial charge in [0.1, 0.15) is 0 Å². The first-order valence-electron chi connectivity index (χ1n) is 2.42. The Kier molecular flexibility index (Phi) is 8.03. The van der Waals surface area contributed by atoms with Gasteiger partial charge in [0.25, 0.3) is 0 Å². The van der Waals surface area contributed by atoms with E-state index in [-0.39, 0.29) is 0 Å². The summed E-state index contributed by atoms with van der Waals surface area (Å²) in [5.74, 6) is 0. The topological polar surface area (TPSA) is 101 Å². The average molecular weight is 156 g/mol. The van der Waals surface area contributed by atoms with Gasteiger partial charge in [-0.1, -0.05) is 6.92 Å². The van der Waals surface area contributed by atoms with E-state index in [1.807, 2.05) is 6.92 Å². The van der Waals surface area contributed by atoms with E-state index in [0.29, 0.717) is 6.61 Å². The van der Waals surface area contributed by atoms with Crippen LogP contribution < -0.4 is 0 Å². The van der Waals surface area contributed by atoms with Crippen molar-refractivity contribution in [2.45, 2.75) is 13.3 Å². The second kappa shape index (κ2) is 6.14. The second-order valence-electron chi connectivity index (χ2n) is 1.32. The van der Waals surface area contributed by atoms with E-state index in [0.717, 1.165) is 6.42 Å². The van der Waals surface area contributed by atoms with E-state index in [2.05, 4.69) is 0 Å². The van der Waals surface area contributed by atoms with Crippen molar-refractivity contribution in [1.29, 1.82) is 0 Å². The minimum atomic E-state index is -4.61. The highest BCUT2D eigenvalue weighted by atomic mass is 28.4. The fourth-order valence-corrected chi connectivity index (χ4v) is 0. The van der Waals surface area contributed by atoms with Gasteiger partial charge in [-0.2, -0.15) is 0 Å². The number of hydrogen-bond acceptors (Lipinski definition) is 5. The number of hydrogen-bond donors (Lipinski definition) is 5. The monoisotopic (exact) mass is 156 g/mol. The molecule has 0 radical (unpaired) electrons. The Hall–Kier alpha value is 0.0169. The molecule has 6 heteroatoms. The minimum absolute atomic E-state index is 0.319. The van der Waals surface area contributed by atoms with E-state index in [1.54, 1.807) is 0 Å². The molecule has 58 valence electrons. The maximum Gasteiger partial charge on any atom is 0.668 e. The van der Waals surface area contributed by atoms with Crippen LogP contribution in [-0.2, 0) is 0 Å². The van der Waals surface area contributed by atoms with Crippen molar-refractivity contribution in [2.24, 2.45) is 0 Å². The number of aliphatic hydroxyl groups is 1. The first-order chi connectivity index (χ1) is 3.91. The van der Waals surface area contributed by atoms with Gasteiger partial charge in [-0.25, -0.2) is 0 Å². The lowest BCUT2D eigenvalue weighted by Crippen LogP contribution is -2.33. The van der Waals surface area contributed by atoms with Crippen LogP contribution in [0.5, 0.6) is 0 Å². The lowest BCUT2D eigenvalue weighted by Gasteiger charge is -1.91. The maximum absolute atomic E-state index is 7.88. The molecule has 0 atom stereocenters. The zero-order valence-electron chi connectivity index (χ0n) is 5.15. The standard InChI is InChI=1S/C3H8O.H4O4Si/c1-2-3-4;1-5(2,3)4/h4H,2-3H2,1H3;1-4H. The van der Waals surface area contributed by atoms with Crippen molar-refractivity contribution in [1.82, 2.24) is 0 Å². The lowest BCUT2D eigenvalue weighted by molar-refractivity contribution is 0.117. The molecule has 0 heterocycles. The molecule has 0 aromatic heterocycles. The molecule has 0 bridgehead atoms. The van der Waals surface area contributed by atoms with Gasteiger partial charge in [0.05, 0.1) is 0 Å². The molecule has 0 fully saturated rings. The van der Waals surface area contributed by atoms with Crippen molar-refractivity contribution in [3.8, 4) is 0 Å². The normalized spacial score (nSPS) is 10.0. The summed E-state index contributed by atoms with van der Waals surface area (Å²) in [5.41, 5.74) is 0. The molecule has 0 spiro atoms. The van der Waals surface area contributed by atoms with E-state index >= 15 is 0 Å². The number of aliphatic hydroxyl groups excluding tert-OH is 1. The summed E-state index contributed by atoms with van der Waals surface area (Å²) in [6.07, 6.45) is 0.875. The SMILES string of the molecule is CCCO.O[Si](O)(O)O. The van der Waals surface area contributed by atoms with Crippen molar-refractivity contribution in [2.75, 3.05) is 6.61 Å². The summed E-state index contributed by atoms with van der Waals surface area (Å²) in [7, 11) is -4.61. The summed E-state index contributed by atoms with van der Waals surface area (Å²) < 4.78 is 0. The van der Waals surface area contributed by atoms with Crippen LogP contribution >= 0.6 is 0 Å². The molecule has 5 N–H and O–H groups in total. The molecule has 0 aliphatic carbocycles. The van der Waals surface area contributed by atoms with Crippen molar-refractivity contribution < 1.29 is 24.3 Å². The quantitative estimate of drug-likeness (QED) is 0.277. The van der Waals surface area contributed by atoms with Gasteiger partial charge >= 0.3 is 9.05 Å². The van der Waals surface area contributed by atoms with Gasteiger partial charge in [-0.3, -0.25) is 0 Å². The average Bonchev–Trinajstić information content (AvgIpc) is 1.61. The first kappa shape index (κ1) is 11.8. The summed E-state index contributed by atoms with van der Waals surface area (Å²) in [6.45, 7) is 2.25. The molecule has 0 rings (SSSR count). The van der Waals surface area contributed by atoms with Crippen LogP contribution in [0.2, 0.25) is 0 Å². The Morgan fingerprint density at radius 3 is 1.22 bits per heavy atom. The van der Waals surface area contributed by atoms with Gasteiger partial charge in [0.15, 0.2) is 0 Å². The van der Waals surface area contributed by atoms with E-state index < -0.39 is 9.05 Å². The molecule has 0 aromatic rings. The van der Waals surface area contributed by atoms with Crippen molar-refractivity contribution >= 4 is 9.05 Å². The third kappa shape index (κ3) is 281. The predicted octanol–water partition coefficient (Wildman–Crippen LogP) is -2.22. The molecule has 0 aliphatic rings. The zero-order valence-corrected chi connectivity index (χ0v) is 6.15. The molecule has 0 unspecified atom stereocenters. The smallest absolute Gasteiger partial charge is 0.396 e. The molecule has 9 heavy (non-hydrogen) atoms. The van der Waals surface area contributed by atoms with Crippen LogP contribution in [0.4, 0.5) is 0 Å². The van der Waals surface area contributed by atoms with Gasteiger partial charge in [-0.05, 0) is 6.42 Å². The van der Waals surface area contributed by atoms with Crippen molar-refractivity contribution in [3.63, 3.8) is 0 Å². The largest absolute Gasteiger partial charge is 0.668 e.